The van der Waals surface area contributed by atoms with E-state index in [2.05, 4.69) is 10.3 Å². The minimum atomic E-state index is -3.48. The van der Waals surface area contributed by atoms with Crippen LogP contribution in [0.15, 0.2) is 23.1 Å². The Balaban J connectivity index is 2.05. The van der Waals surface area contributed by atoms with E-state index in [9.17, 15) is 23.1 Å². The van der Waals surface area contributed by atoms with E-state index in [1.165, 1.54) is 23.5 Å². The van der Waals surface area contributed by atoms with E-state index < -0.39 is 21.8 Å². The van der Waals surface area contributed by atoms with Crippen molar-refractivity contribution in [1.29, 1.82) is 0 Å². The number of anilines is 1. The molecule has 33 heavy (non-hydrogen) atoms. The van der Waals surface area contributed by atoms with Crippen molar-refractivity contribution in [1.82, 2.24) is 9.88 Å². The van der Waals surface area contributed by atoms with E-state index in [1.807, 2.05) is 18.7 Å². The highest BCUT2D eigenvalue weighted by molar-refractivity contribution is 7.90. The van der Waals surface area contributed by atoms with E-state index in [-0.39, 0.29) is 22.2 Å². The van der Waals surface area contributed by atoms with Crippen LogP contribution in [0.5, 0.6) is 0 Å². The number of sulfone groups is 1. The maximum absolute atomic E-state index is 12.4. The number of halogens is 1. The van der Waals surface area contributed by atoms with Gasteiger partial charge in [-0.3, -0.25) is 14.5 Å². The first-order valence-corrected chi connectivity index (χ1v) is 13.6. The van der Waals surface area contributed by atoms with Crippen LogP contribution in [-0.4, -0.2) is 60.7 Å². The lowest BCUT2D eigenvalue weighted by Gasteiger charge is -2.27. The van der Waals surface area contributed by atoms with Crippen LogP contribution in [-0.2, 0) is 19.4 Å². The summed E-state index contributed by atoms with van der Waals surface area (Å²) in [4.78, 5) is 30.8. The van der Waals surface area contributed by atoms with Crippen LogP contribution in [0, 0.1) is 12.8 Å². The summed E-state index contributed by atoms with van der Waals surface area (Å²) < 4.78 is 23.9. The summed E-state index contributed by atoms with van der Waals surface area (Å²) in [7, 11) is -3.48. The molecule has 8 nitrogen and oxygen atoms in total. The highest BCUT2D eigenvalue weighted by atomic mass is 35.5. The van der Waals surface area contributed by atoms with Crippen LogP contribution in [0.2, 0.25) is 5.02 Å². The summed E-state index contributed by atoms with van der Waals surface area (Å²) in [6, 6.07) is 4.15. The third-order valence-corrected chi connectivity index (χ3v) is 7.69. The molecule has 0 bridgehead atoms. The second kappa shape index (κ2) is 11.4. The van der Waals surface area contributed by atoms with Crippen molar-refractivity contribution >= 4 is 49.8 Å². The van der Waals surface area contributed by atoms with E-state index in [4.69, 9.17) is 11.6 Å². The molecular weight excluding hydrogens is 486 g/mol. The molecule has 0 saturated heterocycles. The number of benzene rings is 1. The van der Waals surface area contributed by atoms with Gasteiger partial charge in [0.25, 0.3) is 0 Å². The van der Waals surface area contributed by atoms with Gasteiger partial charge < -0.3 is 10.4 Å². The molecule has 0 saturated carbocycles. The highest BCUT2D eigenvalue weighted by Gasteiger charge is 2.21. The fourth-order valence-corrected chi connectivity index (χ4v) is 5.62. The number of amides is 1. The molecule has 1 amide bonds. The molecule has 0 aliphatic heterocycles. The molecule has 0 fully saturated rings. The molecule has 11 heteroatoms. The zero-order valence-electron chi connectivity index (χ0n) is 19.4. The number of hydrogen-bond donors (Lipinski definition) is 2. The first-order valence-electron chi connectivity index (χ1n) is 10.5. The zero-order chi connectivity index (χ0) is 24.9. The maximum atomic E-state index is 12.4. The Bertz CT molecular complexity index is 1120. The summed E-state index contributed by atoms with van der Waals surface area (Å²) in [5.74, 6) is -0.781. The molecule has 0 aliphatic carbocycles. The lowest BCUT2D eigenvalue weighted by Crippen LogP contribution is -2.41. The molecule has 0 spiro atoms. The Labute approximate surface area is 203 Å². The first kappa shape index (κ1) is 27.2. The lowest BCUT2D eigenvalue weighted by molar-refractivity contribution is -0.142. The SMILES string of the molecule is Cc1nc(NC(=O)CCCN(CC(C)C)[C@@H](C)C(=O)O)sc1-c1ccc(Cl)c(S(C)(=O)=O)c1. The van der Waals surface area contributed by atoms with Gasteiger partial charge in [0, 0.05) is 19.2 Å². The average molecular weight is 516 g/mol. The molecule has 0 aliphatic rings. The largest absolute Gasteiger partial charge is 0.480 e. The number of carbonyl (C=O) groups excluding carboxylic acids is 1. The summed E-state index contributed by atoms with van der Waals surface area (Å²) in [6.45, 7) is 8.62. The van der Waals surface area contributed by atoms with Gasteiger partial charge in [0.2, 0.25) is 5.91 Å². The van der Waals surface area contributed by atoms with Crippen LogP contribution in [0.1, 0.15) is 39.3 Å². The molecule has 2 aromatic rings. The Morgan fingerprint density at radius 1 is 1.27 bits per heavy atom. The molecule has 1 aromatic carbocycles. The van der Waals surface area contributed by atoms with E-state index in [0.29, 0.717) is 41.8 Å². The van der Waals surface area contributed by atoms with Crippen molar-refractivity contribution in [3.8, 4) is 10.4 Å². The standard InChI is InChI=1S/C22H30ClN3O5S2/c1-13(2)12-26(15(4)21(28)29)10-6-7-19(27)25-22-24-14(3)20(32-22)16-8-9-17(23)18(11-16)33(5,30)31/h8-9,11,13,15H,6-7,10,12H2,1-5H3,(H,28,29)(H,24,25,27)/t15-/m0/s1. The quantitative estimate of drug-likeness (QED) is 0.457. The van der Waals surface area contributed by atoms with Crippen LogP contribution in [0.3, 0.4) is 0 Å². The number of carboxylic acids is 1. The van der Waals surface area contributed by atoms with Gasteiger partial charge >= 0.3 is 5.97 Å². The van der Waals surface area contributed by atoms with Crippen LogP contribution >= 0.6 is 22.9 Å². The number of nitrogens with one attached hydrogen (secondary N) is 1. The Kier molecular flexibility index (Phi) is 9.42. The minimum Gasteiger partial charge on any atom is -0.480 e. The highest BCUT2D eigenvalue weighted by Crippen LogP contribution is 2.35. The second-order valence-corrected chi connectivity index (χ2v) is 11.8. The second-order valence-electron chi connectivity index (χ2n) is 8.41. The molecule has 2 rings (SSSR count). The summed E-state index contributed by atoms with van der Waals surface area (Å²) >= 11 is 7.29. The molecule has 1 atom stereocenters. The molecule has 1 heterocycles. The number of aliphatic carboxylic acids is 1. The Morgan fingerprint density at radius 2 is 1.94 bits per heavy atom. The van der Waals surface area contributed by atoms with Crippen LogP contribution in [0.4, 0.5) is 5.13 Å². The van der Waals surface area contributed by atoms with Gasteiger partial charge in [0.05, 0.1) is 20.5 Å². The predicted octanol–water partition coefficient (Wildman–Crippen LogP) is 4.33. The number of thiazole rings is 1. The van der Waals surface area contributed by atoms with Gasteiger partial charge in [0.15, 0.2) is 15.0 Å². The van der Waals surface area contributed by atoms with Crippen molar-refractivity contribution in [3.05, 3.63) is 28.9 Å². The Morgan fingerprint density at radius 3 is 2.52 bits per heavy atom. The van der Waals surface area contributed by atoms with Crippen molar-refractivity contribution in [2.24, 2.45) is 5.92 Å². The number of rotatable bonds is 11. The summed E-state index contributed by atoms with van der Waals surface area (Å²) in [5.41, 5.74) is 1.32. The number of aryl methyl sites for hydroxylation is 1. The third-order valence-electron chi connectivity index (χ3n) is 4.99. The number of nitrogens with zero attached hydrogens (tertiary/aromatic N) is 2. The molecule has 0 radical (unpaired) electrons. The fraction of sp³-hybridized carbons (Fsp3) is 0.500. The summed E-state index contributed by atoms with van der Waals surface area (Å²) in [5, 5.41) is 12.7. The van der Waals surface area contributed by atoms with Gasteiger partial charge in [-0.1, -0.05) is 42.9 Å². The van der Waals surface area contributed by atoms with Crippen LogP contribution in [0.25, 0.3) is 10.4 Å². The third kappa shape index (κ3) is 7.77. The zero-order valence-corrected chi connectivity index (χ0v) is 21.8. The molecule has 182 valence electrons. The molecule has 0 unspecified atom stereocenters. The number of carboxylic acid groups (broad SMARTS) is 1. The smallest absolute Gasteiger partial charge is 0.320 e. The molecule has 1 aromatic heterocycles. The Hall–Kier alpha value is -2.01. The minimum absolute atomic E-state index is 0.0431. The van der Waals surface area contributed by atoms with Gasteiger partial charge in [-0.05, 0) is 50.4 Å². The van der Waals surface area contributed by atoms with E-state index >= 15 is 0 Å². The number of aromatic nitrogens is 1. The average Bonchev–Trinajstić information content (AvgIpc) is 3.05. The van der Waals surface area contributed by atoms with Gasteiger partial charge in [-0.25, -0.2) is 13.4 Å². The van der Waals surface area contributed by atoms with Gasteiger partial charge in [0.1, 0.15) is 6.04 Å². The topological polar surface area (TPSA) is 117 Å². The van der Waals surface area contributed by atoms with Crippen molar-refractivity contribution in [3.63, 3.8) is 0 Å². The monoisotopic (exact) mass is 515 g/mol. The van der Waals surface area contributed by atoms with Gasteiger partial charge in [-0.15, -0.1) is 0 Å². The maximum Gasteiger partial charge on any atom is 0.320 e. The lowest BCUT2D eigenvalue weighted by atomic mass is 10.1. The summed E-state index contributed by atoms with van der Waals surface area (Å²) in [6.07, 6.45) is 1.85. The van der Waals surface area contributed by atoms with Gasteiger partial charge in [-0.2, -0.15) is 0 Å². The fourth-order valence-electron chi connectivity index (χ4n) is 3.34. The first-order chi connectivity index (χ1) is 15.3. The van der Waals surface area contributed by atoms with Crippen molar-refractivity contribution in [2.75, 3.05) is 24.7 Å². The molecular formula is C22H30ClN3O5S2. The van der Waals surface area contributed by atoms with Crippen molar-refractivity contribution < 1.29 is 23.1 Å². The number of carbonyl (C=O) groups is 2. The van der Waals surface area contributed by atoms with Crippen molar-refractivity contribution in [2.45, 2.75) is 51.5 Å². The van der Waals surface area contributed by atoms with E-state index in [0.717, 1.165) is 11.1 Å². The van der Waals surface area contributed by atoms with Crippen LogP contribution < -0.4 is 5.32 Å². The number of hydrogen-bond acceptors (Lipinski definition) is 7. The molecule has 2 N–H and O–H groups in total. The normalized spacial score (nSPS) is 12.8. The predicted molar refractivity (Wildman–Crippen MR) is 132 cm³/mol. The van der Waals surface area contributed by atoms with E-state index in [1.54, 1.807) is 19.9 Å².